The number of halogens is 2. The molecule has 0 radical (unpaired) electrons. The number of nitrogens with zero attached hydrogens (tertiary/aromatic N) is 1. The number of rotatable bonds is 3. The van der Waals surface area contributed by atoms with Crippen LogP contribution in [0.15, 0.2) is 47.6 Å². The zero-order valence-corrected chi connectivity index (χ0v) is 10.7. The van der Waals surface area contributed by atoms with Crippen LogP contribution in [0.3, 0.4) is 0 Å². The minimum Gasteiger partial charge on any atom is -0.250 e. The van der Waals surface area contributed by atoms with Crippen molar-refractivity contribution in [2.45, 2.75) is 10.8 Å². The van der Waals surface area contributed by atoms with Gasteiger partial charge in [-0.15, -0.1) is 11.8 Å². The first kappa shape index (κ1) is 11.8. The molecule has 1 aromatic carbocycles. The van der Waals surface area contributed by atoms with Crippen molar-refractivity contribution in [3.8, 4) is 0 Å². The summed E-state index contributed by atoms with van der Waals surface area (Å²) >= 11 is 13.4. The van der Waals surface area contributed by atoms with E-state index in [0.717, 1.165) is 15.8 Å². The molecule has 0 N–H and O–H groups in total. The monoisotopic (exact) mass is 269 g/mol. The van der Waals surface area contributed by atoms with E-state index in [-0.39, 0.29) is 0 Å². The van der Waals surface area contributed by atoms with Gasteiger partial charge in [-0.25, -0.2) is 4.98 Å². The zero-order chi connectivity index (χ0) is 11.4. The summed E-state index contributed by atoms with van der Waals surface area (Å²) in [5, 5.41) is 2.40. The lowest BCUT2D eigenvalue weighted by molar-refractivity contribution is 1.13. The Bertz CT molecular complexity index is 442. The smallest absolute Gasteiger partial charge is 0.0977 e. The minimum absolute atomic E-state index is 0.712. The molecule has 2 aromatic rings. The maximum atomic E-state index is 5.91. The predicted molar refractivity (Wildman–Crippen MR) is 70.3 cm³/mol. The molecule has 0 aliphatic rings. The lowest BCUT2D eigenvalue weighted by atomic mass is 10.2. The Balaban J connectivity index is 2.02. The Hall–Kier alpha value is -0.700. The van der Waals surface area contributed by atoms with Crippen molar-refractivity contribution in [2.75, 3.05) is 0 Å². The van der Waals surface area contributed by atoms with Gasteiger partial charge in [0.2, 0.25) is 0 Å². The Morgan fingerprint density at radius 3 is 2.62 bits per heavy atom. The van der Waals surface area contributed by atoms with E-state index < -0.39 is 0 Å². The third kappa shape index (κ3) is 3.41. The number of benzene rings is 1. The second-order valence-corrected chi connectivity index (χ2v) is 5.10. The fourth-order valence-corrected chi connectivity index (χ4v) is 2.53. The molecule has 1 heterocycles. The molecular formula is C12H9Cl2NS. The van der Waals surface area contributed by atoms with Crippen molar-refractivity contribution in [3.63, 3.8) is 0 Å². The number of pyridine rings is 1. The summed E-state index contributed by atoms with van der Waals surface area (Å²) in [5.74, 6) is 0.841. The van der Waals surface area contributed by atoms with E-state index in [9.17, 15) is 0 Å². The highest BCUT2D eigenvalue weighted by Gasteiger charge is 1.99. The molecule has 2 rings (SSSR count). The van der Waals surface area contributed by atoms with E-state index in [4.69, 9.17) is 23.2 Å². The van der Waals surface area contributed by atoms with Gasteiger partial charge in [-0.2, -0.15) is 0 Å². The molecule has 4 heteroatoms. The normalized spacial score (nSPS) is 10.4. The van der Waals surface area contributed by atoms with Gasteiger partial charge in [0.15, 0.2) is 0 Å². The maximum absolute atomic E-state index is 5.91. The van der Waals surface area contributed by atoms with Gasteiger partial charge in [-0.3, -0.25) is 0 Å². The third-order valence-electron chi connectivity index (χ3n) is 1.97. The predicted octanol–water partition coefficient (Wildman–Crippen LogP) is 4.68. The summed E-state index contributed by atoms with van der Waals surface area (Å²) in [5.41, 5.74) is 1.18. The van der Waals surface area contributed by atoms with E-state index in [1.54, 1.807) is 24.0 Å². The molecule has 0 fully saturated rings. The van der Waals surface area contributed by atoms with Crippen molar-refractivity contribution >= 4 is 35.0 Å². The van der Waals surface area contributed by atoms with Gasteiger partial charge < -0.3 is 0 Å². The van der Waals surface area contributed by atoms with E-state index in [1.165, 1.54) is 5.56 Å². The van der Waals surface area contributed by atoms with Crippen LogP contribution in [0.4, 0.5) is 0 Å². The third-order valence-corrected chi connectivity index (χ3v) is 3.44. The summed E-state index contributed by atoms with van der Waals surface area (Å²) in [6, 6.07) is 11.4. The molecule has 0 spiro atoms. The van der Waals surface area contributed by atoms with Crippen LogP contribution < -0.4 is 0 Å². The molecule has 1 aromatic heterocycles. The molecule has 0 bridgehead atoms. The average molecular weight is 270 g/mol. The van der Waals surface area contributed by atoms with Crippen LogP contribution in [0.2, 0.25) is 10.0 Å². The summed E-state index contributed by atoms with van der Waals surface area (Å²) in [6.07, 6.45) is 1.71. The van der Waals surface area contributed by atoms with Crippen LogP contribution in [0.5, 0.6) is 0 Å². The SMILES string of the molecule is Clc1cccc(CSc2cc(Cl)ccn2)c1. The lowest BCUT2D eigenvalue weighted by Crippen LogP contribution is -1.82. The zero-order valence-electron chi connectivity index (χ0n) is 8.36. The number of hydrogen-bond donors (Lipinski definition) is 0. The van der Waals surface area contributed by atoms with Gasteiger partial charge in [0.25, 0.3) is 0 Å². The quantitative estimate of drug-likeness (QED) is 0.751. The summed E-state index contributed by atoms with van der Waals surface area (Å²) in [4.78, 5) is 4.22. The first-order valence-corrected chi connectivity index (χ1v) is 6.47. The number of hydrogen-bond acceptors (Lipinski definition) is 2. The van der Waals surface area contributed by atoms with Crippen LogP contribution >= 0.6 is 35.0 Å². The topological polar surface area (TPSA) is 12.9 Å². The number of aromatic nitrogens is 1. The molecule has 82 valence electrons. The van der Waals surface area contributed by atoms with Crippen molar-refractivity contribution in [2.24, 2.45) is 0 Å². The van der Waals surface area contributed by atoms with Gasteiger partial charge in [0.1, 0.15) is 0 Å². The molecule has 0 unspecified atom stereocenters. The lowest BCUT2D eigenvalue weighted by Gasteiger charge is -2.02. The molecular weight excluding hydrogens is 261 g/mol. The Morgan fingerprint density at radius 2 is 1.88 bits per heavy atom. The van der Waals surface area contributed by atoms with Crippen molar-refractivity contribution in [1.29, 1.82) is 0 Å². The highest BCUT2D eigenvalue weighted by atomic mass is 35.5. The van der Waals surface area contributed by atoms with Crippen LogP contribution in [-0.4, -0.2) is 4.98 Å². The standard InChI is InChI=1S/C12H9Cl2NS/c13-10-3-1-2-9(6-10)8-16-12-7-11(14)4-5-15-12/h1-7H,8H2. The summed E-state index contributed by atoms with van der Waals surface area (Å²) in [7, 11) is 0. The maximum Gasteiger partial charge on any atom is 0.0977 e. The Morgan fingerprint density at radius 1 is 1.06 bits per heavy atom. The molecule has 0 amide bonds. The van der Waals surface area contributed by atoms with Gasteiger partial charge >= 0.3 is 0 Å². The van der Waals surface area contributed by atoms with Crippen molar-refractivity contribution < 1.29 is 0 Å². The van der Waals surface area contributed by atoms with E-state index in [0.29, 0.717) is 5.02 Å². The molecule has 1 nitrogen and oxygen atoms in total. The Kier molecular flexibility index (Phi) is 4.10. The van der Waals surface area contributed by atoms with Crippen molar-refractivity contribution in [1.82, 2.24) is 4.98 Å². The summed E-state index contributed by atoms with van der Waals surface area (Å²) in [6.45, 7) is 0. The first-order chi connectivity index (χ1) is 7.74. The molecule has 0 saturated heterocycles. The molecule has 0 aliphatic heterocycles. The average Bonchev–Trinajstić information content (AvgIpc) is 2.27. The highest BCUT2D eigenvalue weighted by Crippen LogP contribution is 2.24. The summed E-state index contributed by atoms with van der Waals surface area (Å²) < 4.78 is 0. The van der Waals surface area contributed by atoms with Crippen LogP contribution in [0.25, 0.3) is 0 Å². The molecule has 0 saturated carbocycles. The fourth-order valence-electron chi connectivity index (χ4n) is 1.25. The van der Waals surface area contributed by atoms with E-state index >= 15 is 0 Å². The second kappa shape index (κ2) is 5.58. The fraction of sp³-hybridized carbons (Fsp3) is 0.0833. The van der Waals surface area contributed by atoms with Crippen LogP contribution in [-0.2, 0) is 5.75 Å². The van der Waals surface area contributed by atoms with Crippen LogP contribution in [0.1, 0.15) is 5.56 Å². The van der Waals surface area contributed by atoms with Crippen LogP contribution in [0, 0.1) is 0 Å². The second-order valence-electron chi connectivity index (χ2n) is 3.23. The minimum atomic E-state index is 0.712. The highest BCUT2D eigenvalue weighted by molar-refractivity contribution is 7.98. The van der Waals surface area contributed by atoms with Gasteiger partial charge in [0.05, 0.1) is 5.03 Å². The number of thioether (sulfide) groups is 1. The first-order valence-electron chi connectivity index (χ1n) is 4.73. The Labute approximate surface area is 109 Å². The van der Waals surface area contributed by atoms with Gasteiger partial charge in [-0.1, -0.05) is 35.3 Å². The largest absolute Gasteiger partial charge is 0.250 e. The molecule has 0 aliphatic carbocycles. The van der Waals surface area contributed by atoms with Gasteiger partial charge in [0, 0.05) is 22.0 Å². The van der Waals surface area contributed by atoms with E-state index in [1.807, 2.05) is 30.3 Å². The van der Waals surface area contributed by atoms with E-state index in [2.05, 4.69) is 4.98 Å². The molecule has 0 atom stereocenters. The van der Waals surface area contributed by atoms with Crippen molar-refractivity contribution in [3.05, 3.63) is 58.2 Å². The van der Waals surface area contributed by atoms with Gasteiger partial charge in [-0.05, 0) is 29.8 Å². The molecule has 16 heavy (non-hydrogen) atoms.